The SMILES string of the molecule is CN1CCN(n2ncc3cc(S(=O)(=O)c4cccc(F)c4)ccc32)C(NC(=O)c2ccccc2NCN2CCCC2)C1. The third-order valence-corrected chi connectivity index (χ3v) is 9.65. The van der Waals surface area contributed by atoms with E-state index in [4.69, 9.17) is 0 Å². The van der Waals surface area contributed by atoms with Crippen LogP contribution in [0.2, 0.25) is 0 Å². The van der Waals surface area contributed by atoms with Crippen LogP contribution in [0.15, 0.2) is 82.7 Å². The van der Waals surface area contributed by atoms with Gasteiger partial charge < -0.3 is 15.5 Å². The van der Waals surface area contributed by atoms with Crippen LogP contribution in [-0.2, 0) is 9.84 Å². The molecule has 0 saturated carbocycles. The van der Waals surface area contributed by atoms with Crippen LogP contribution in [0.4, 0.5) is 10.1 Å². The van der Waals surface area contributed by atoms with Gasteiger partial charge in [0.05, 0.1) is 40.3 Å². The Labute approximate surface area is 244 Å². The summed E-state index contributed by atoms with van der Waals surface area (Å²) in [5.41, 5.74) is 2.06. The molecule has 0 bridgehead atoms. The van der Waals surface area contributed by atoms with Gasteiger partial charge in [-0.15, -0.1) is 0 Å². The Bertz CT molecular complexity index is 1700. The molecule has 220 valence electrons. The third-order valence-electron chi connectivity index (χ3n) is 7.90. The van der Waals surface area contributed by atoms with Gasteiger partial charge in [0.1, 0.15) is 12.0 Å². The van der Waals surface area contributed by atoms with Crippen LogP contribution >= 0.6 is 0 Å². The molecule has 4 aromatic rings. The van der Waals surface area contributed by atoms with Crippen LogP contribution in [0.5, 0.6) is 0 Å². The maximum atomic E-state index is 13.7. The van der Waals surface area contributed by atoms with E-state index < -0.39 is 15.7 Å². The fourth-order valence-corrected chi connectivity index (χ4v) is 6.92. The lowest BCUT2D eigenvalue weighted by Crippen LogP contribution is -2.63. The lowest BCUT2D eigenvalue weighted by atomic mass is 10.1. The second kappa shape index (κ2) is 11.7. The second-order valence-corrected chi connectivity index (χ2v) is 12.8. The minimum atomic E-state index is -3.91. The first-order valence-electron chi connectivity index (χ1n) is 14.1. The van der Waals surface area contributed by atoms with E-state index in [9.17, 15) is 17.6 Å². The molecule has 2 aliphatic rings. The van der Waals surface area contributed by atoms with E-state index in [0.29, 0.717) is 36.2 Å². The first kappa shape index (κ1) is 28.1. The molecule has 10 nitrogen and oxygen atoms in total. The molecular weight excluding hydrogens is 557 g/mol. The minimum absolute atomic E-state index is 0.0569. The Hall–Kier alpha value is -4.00. The van der Waals surface area contributed by atoms with Crippen LogP contribution in [0.3, 0.4) is 0 Å². The number of anilines is 1. The number of carbonyl (C=O) groups excluding carboxylic acids is 1. The van der Waals surface area contributed by atoms with Crippen LogP contribution in [0.25, 0.3) is 10.9 Å². The van der Waals surface area contributed by atoms with Gasteiger partial charge in [0.25, 0.3) is 5.91 Å². The van der Waals surface area contributed by atoms with Gasteiger partial charge in [-0.05, 0) is 81.5 Å². The number of halogens is 1. The molecule has 1 aromatic heterocycles. The van der Waals surface area contributed by atoms with Crippen molar-refractivity contribution in [3.05, 3.63) is 84.3 Å². The average Bonchev–Trinajstić information content (AvgIpc) is 3.66. The highest BCUT2D eigenvalue weighted by Gasteiger charge is 2.30. The molecular formula is C30H34FN7O3S. The second-order valence-electron chi connectivity index (χ2n) is 10.8. The molecule has 2 fully saturated rings. The zero-order valence-electron chi connectivity index (χ0n) is 23.4. The first-order valence-corrected chi connectivity index (χ1v) is 15.6. The number of rotatable bonds is 8. The number of amides is 1. The number of likely N-dealkylation sites (tertiary alicyclic amines) is 1. The topological polar surface area (TPSA) is 103 Å². The van der Waals surface area contributed by atoms with Gasteiger partial charge >= 0.3 is 0 Å². The van der Waals surface area contributed by atoms with Gasteiger partial charge in [0, 0.05) is 24.2 Å². The maximum Gasteiger partial charge on any atom is 0.255 e. The van der Waals surface area contributed by atoms with Crippen molar-refractivity contribution in [2.45, 2.75) is 28.8 Å². The number of hydrogen-bond donors (Lipinski definition) is 2. The molecule has 12 heteroatoms. The molecule has 1 unspecified atom stereocenters. The highest BCUT2D eigenvalue weighted by molar-refractivity contribution is 7.91. The Balaban J connectivity index is 1.24. The van der Waals surface area contributed by atoms with E-state index in [1.165, 1.54) is 37.1 Å². The van der Waals surface area contributed by atoms with Gasteiger partial charge in [-0.1, -0.05) is 18.2 Å². The van der Waals surface area contributed by atoms with Crippen LogP contribution < -0.4 is 15.6 Å². The molecule has 0 aliphatic carbocycles. The molecule has 1 atom stereocenters. The van der Waals surface area contributed by atoms with E-state index in [1.807, 2.05) is 36.3 Å². The number of hydrogen-bond acceptors (Lipinski definition) is 8. The number of para-hydroxylation sites is 1. The molecule has 6 rings (SSSR count). The lowest BCUT2D eigenvalue weighted by molar-refractivity contribution is 0.0904. The molecule has 1 amide bonds. The normalized spacial score (nSPS) is 18.4. The maximum absolute atomic E-state index is 13.7. The zero-order chi connectivity index (χ0) is 29.3. The number of sulfone groups is 1. The van der Waals surface area contributed by atoms with Crippen molar-refractivity contribution in [2.75, 3.05) is 56.8 Å². The summed E-state index contributed by atoms with van der Waals surface area (Å²) in [5, 5.41) is 13.8. The van der Waals surface area contributed by atoms with Crippen LogP contribution in [0.1, 0.15) is 23.2 Å². The molecule has 0 spiro atoms. The van der Waals surface area contributed by atoms with E-state index >= 15 is 0 Å². The van der Waals surface area contributed by atoms with Crippen molar-refractivity contribution in [3.63, 3.8) is 0 Å². The fourth-order valence-electron chi connectivity index (χ4n) is 5.60. The van der Waals surface area contributed by atoms with Crippen molar-refractivity contribution < 1.29 is 17.6 Å². The van der Waals surface area contributed by atoms with Crippen LogP contribution in [-0.4, -0.2) is 86.6 Å². The van der Waals surface area contributed by atoms with Crippen molar-refractivity contribution in [1.29, 1.82) is 0 Å². The number of likely N-dealkylation sites (N-methyl/N-ethyl adjacent to an activating group) is 1. The number of fused-ring (bicyclic) bond motifs is 1. The van der Waals surface area contributed by atoms with E-state index in [1.54, 1.807) is 23.1 Å². The van der Waals surface area contributed by atoms with Gasteiger partial charge in [-0.2, -0.15) is 9.89 Å². The van der Waals surface area contributed by atoms with E-state index in [0.717, 1.165) is 31.4 Å². The number of nitrogens with one attached hydrogen (secondary N) is 2. The predicted octanol–water partition coefficient (Wildman–Crippen LogP) is 3.11. The Morgan fingerprint density at radius 3 is 2.57 bits per heavy atom. The summed E-state index contributed by atoms with van der Waals surface area (Å²) >= 11 is 0. The van der Waals surface area contributed by atoms with Crippen LogP contribution in [0, 0.1) is 5.82 Å². The number of aromatic nitrogens is 2. The zero-order valence-corrected chi connectivity index (χ0v) is 24.2. The summed E-state index contributed by atoms with van der Waals surface area (Å²) in [7, 11) is -1.90. The number of benzene rings is 3. The standard InChI is InChI=1S/C30H34FN7O3S/c1-35-15-16-37(29(20-35)34-30(39)26-9-2-3-10-27(26)32-21-36-13-4-5-14-36)38-28-12-11-25(17-22(28)19-33-38)42(40,41)24-8-6-7-23(31)18-24/h2-3,6-12,17-19,29,32H,4-5,13-16,20-21H2,1H3,(H,34,39). The first-order chi connectivity index (χ1) is 20.3. The monoisotopic (exact) mass is 591 g/mol. The third kappa shape index (κ3) is 5.69. The summed E-state index contributed by atoms with van der Waals surface area (Å²) in [4.78, 5) is 19.8. The highest BCUT2D eigenvalue weighted by Crippen LogP contribution is 2.26. The lowest BCUT2D eigenvalue weighted by Gasteiger charge is -2.41. The largest absolute Gasteiger partial charge is 0.372 e. The van der Waals surface area contributed by atoms with Gasteiger partial charge in [-0.25, -0.2) is 12.8 Å². The molecule has 3 aromatic carbocycles. The predicted molar refractivity (Wildman–Crippen MR) is 159 cm³/mol. The summed E-state index contributed by atoms with van der Waals surface area (Å²) in [6, 6.07) is 17.3. The van der Waals surface area contributed by atoms with E-state index in [-0.39, 0.29) is 21.9 Å². The van der Waals surface area contributed by atoms with Gasteiger partial charge in [-0.3, -0.25) is 14.7 Å². The Kier molecular flexibility index (Phi) is 7.84. The number of nitrogens with zero attached hydrogens (tertiary/aromatic N) is 5. The average molecular weight is 592 g/mol. The summed E-state index contributed by atoms with van der Waals surface area (Å²) in [6.07, 6.45) is 3.61. The van der Waals surface area contributed by atoms with Crippen molar-refractivity contribution in [3.8, 4) is 0 Å². The van der Waals surface area contributed by atoms with E-state index in [2.05, 4.69) is 25.5 Å². The number of carbonyl (C=O) groups is 1. The molecule has 2 saturated heterocycles. The summed E-state index contributed by atoms with van der Waals surface area (Å²) in [6.45, 7) is 4.73. The molecule has 3 heterocycles. The molecule has 42 heavy (non-hydrogen) atoms. The minimum Gasteiger partial charge on any atom is -0.372 e. The Morgan fingerprint density at radius 2 is 1.76 bits per heavy atom. The Morgan fingerprint density at radius 1 is 0.976 bits per heavy atom. The quantitative estimate of drug-likeness (QED) is 0.322. The highest BCUT2D eigenvalue weighted by atomic mass is 32.2. The van der Waals surface area contributed by atoms with Crippen molar-refractivity contribution in [1.82, 2.24) is 25.0 Å². The molecule has 0 radical (unpaired) electrons. The van der Waals surface area contributed by atoms with Gasteiger partial charge in [0.15, 0.2) is 0 Å². The smallest absolute Gasteiger partial charge is 0.255 e. The van der Waals surface area contributed by atoms with Gasteiger partial charge in [0.2, 0.25) is 9.84 Å². The van der Waals surface area contributed by atoms with Crippen molar-refractivity contribution >= 4 is 32.3 Å². The van der Waals surface area contributed by atoms with Crippen molar-refractivity contribution in [2.24, 2.45) is 0 Å². The molecule has 2 aliphatic heterocycles. The molecule has 2 N–H and O–H groups in total. The number of piperazine rings is 1. The summed E-state index contributed by atoms with van der Waals surface area (Å²) in [5.74, 6) is -0.803. The summed E-state index contributed by atoms with van der Waals surface area (Å²) < 4.78 is 40.1. The fraction of sp³-hybridized carbons (Fsp3) is 0.333.